The van der Waals surface area contributed by atoms with Gasteiger partial charge in [-0.15, -0.1) is 0 Å². The van der Waals surface area contributed by atoms with E-state index >= 15 is 0 Å². The minimum Gasteiger partial charge on any atom is -0.319 e. The van der Waals surface area contributed by atoms with Gasteiger partial charge in [-0.1, -0.05) is 23.2 Å². The summed E-state index contributed by atoms with van der Waals surface area (Å²) in [6.07, 6.45) is 1.19. The van der Waals surface area contributed by atoms with Gasteiger partial charge in [-0.3, -0.25) is 4.79 Å². The van der Waals surface area contributed by atoms with Crippen molar-refractivity contribution in [3.63, 3.8) is 0 Å². The van der Waals surface area contributed by atoms with Crippen LogP contribution in [-0.2, 0) is 0 Å². The molecule has 1 heterocycles. The molecule has 8 heteroatoms. The number of pyridine rings is 1. The van der Waals surface area contributed by atoms with Gasteiger partial charge in [0.1, 0.15) is 16.8 Å². The van der Waals surface area contributed by atoms with Crippen molar-refractivity contribution in [2.24, 2.45) is 0 Å². The molecular formula is C12H5BrCl2F2N2O. The molecule has 0 saturated heterocycles. The summed E-state index contributed by atoms with van der Waals surface area (Å²) in [6, 6.07) is 3.07. The number of amides is 1. The fourth-order valence-corrected chi connectivity index (χ4v) is 1.97. The number of carbonyl (C=O) groups excluding carboxylic acids is 1. The number of halogens is 5. The second-order valence-electron chi connectivity index (χ2n) is 3.70. The first-order valence-electron chi connectivity index (χ1n) is 5.15. The Morgan fingerprint density at radius 1 is 1.20 bits per heavy atom. The number of nitrogens with one attached hydrogen (secondary N) is 1. The third-order valence-corrected chi connectivity index (χ3v) is 3.61. The maximum atomic E-state index is 13.5. The van der Waals surface area contributed by atoms with Crippen LogP contribution in [0.1, 0.15) is 10.4 Å². The first-order valence-corrected chi connectivity index (χ1v) is 6.70. The normalized spacial score (nSPS) is 10.4. The molecule has 3 nitrogen and oxygen atoms in total. The van der Waals surface area contributed by atoms with Gasteiger partial charge in [0, 0.05) is 12.3 Å². The van der Waals surface area contributed by atoms with Gasteiger partial charge >= 0.3 is 0 Å². The van der Waals surface area contributed by atoms with Gasteiger partial charge in [-0.2, -0.15) is 0 Å². The lowest BCUT2D eigenvalue weighted by Crippen LogP contribution is -2.13. The highest BCUT2D eigenvalue weighted by molar-refractivity contribution is 9.10. The van der Waals surface area contributed by atoms with Gasteiger partial charge in [0.15, 0.2) is 0 Å². The Labute approximate surface area is 131 Å². The molecule has 0 atom stereocenters. The number of benzene rings is 1. The van der Waals surface area contributed by atoms with E-state index in [2.05, 4.69) is 26.2 Å². The minimum atomic E-state index is -0.896. The molecule has 0 aliphatic rings. The topological polar surface area (TPSA) is 42.0 Å². The largest absolute Gasteiger partial charge is 0.319 e. The predicted molar refractivity (Wildman–Crippen MR) is 76.3 cm³/mol. The SMILES string of the molecule is O=C(Nc1cc(Br)c(F)cc1F)c1cnc(Cl)c(Cl)c1. The molecule has 0 unspecified atom stereocenters. The summed E-state index contributed by atoms with van der Waals surface area (Å²) in [5, 5.41) is 2.44. The Bertz CT molecular complexity index is 697. The molecule has 0 bridgehead atoms. The average Bonchev–Trinajstić information content (AvgIpc) is 2.39. The monoisotopic (exact) mass is 380 g/mol. The second-order valence-corrected chi connectivity index (χ2v) is 5.32. The van der Waals surface area contributed by atoms with Crippen LogP contribution in [0.4, 0.5) is 14.5 Å². The molecule has 0 saturated carbocycles. The smallest absolute Gasteiger partial charge is 0.257 e. The molecule has 2 aromatic rings. The molecule has 1 aromatic carbocycles. The predicted octanol–water partition coefficient (Wildman–Crippen LogP) is 4.68. The Kier molecular flexibility index (Phi) is 4.57. The summed E-state index contributed by atoms with van der Waals surface area (Å²) in [5.74, 6) is -2.31. The molecule has 104 valence electrons. The molecule has 2 rings (SSSR count). The maximum Gasteiger partial charge on any atom is 0.257 e. The van der Waals surface area contributed by atoms with E-state index in [-0.39, 0.29) is 25.9 Å². The van der Waals surface area contributed by atoms with E-state index in [9.17, 15) is 13.6 Å². The van der Waals surface area contributed by atoms with Crippen LogP contribution in [0, 0.1) is 11.6 Å². The van der Waals surface area contributed by atoms with E-state index in [0.29, 0.717) is 6.07 Å². The van der Waals surface area contributed by atoms with E-state index in [1.807, 2.05) is 0 Å². The average molecular weight is 382 g/mol. The van der Waals surface area contributed by atoms with Crippen molar-refractivity contribution in [1.29, 1.82) is 0 Å². The number of rotatable bonds is 2. The van der Waals surface area contributed by atoms with Crippen molar-refractivity contribution >= 4 is 50.7 Å². The van der Waals surface area contributed by atoms with E-state index in [1.54, 1.807) is 0 Å². The Morgan fingerprint density at radius 2 is 1.90 bits per heavy atom. The summed E-state index contributed by atoms with van der Waals surface area (Å²) >= 11 is 14.3. The van der Waals surface area contributed by atoms with Gasteiger partial charge in [0.25, 0.3) is 5.91 Å². The van der Waals surface area contributed by atoms with Gasteiger partial charge in [-0.05, 0) is 28.1 Å². The first-order chi connectivity index (χ1) is 9.38. The zero-order valence-corrected chi connectivity index (χ0v) is 12.7. The third kappa shape index (κ3) is 3.26. The Balaban J connectivity index is 2.27. The lowest BCUT2D eigenvalue weighted by atomic mass is 10.2. The van der Waals surface area contributed by atoms with Crippen LogP contribution in [0.15, 0.2) is 28.9 Å². The number of hydrogen-bond acceptors (Lipinski definition) is 2. The van der Waals surface area contributed by atoms with Crippen LogP contribution >= 0.6 is 39.1 Å². The summed E-state index contributed by atoms with van der Waals surface area (Å²) < 4.78 is 26.6. The number of nitrogens with zero attached hydrogens (tertiary/aromatic N) is 1. The van der Waals surface area contributed by atoms with Crippen molar-refractivity contribution in [2.45, 2.75) is 0 Å². The van der Waals surface area contributed by atoms with Crippen LogP contribution in [0.5, 0.6) is 0 Å². The fourth-order valence-electron chi connectivity index (χ4n) is 1.36. The Hall–Kier alpha value is -1.24. The second kappa shape index (κ2) is 6.03. The summed E-state index contributed by atoms with van der Waals surface area (Å²) in [5.41, 5.74) is -0.0754. The van der Waals surface area contributed by atoms with Gasteiger partial charge in [0.2, 0.25) is 0 Å². The lowest BCUT2D eigenvalue weighted by molar-refractivity contribution is 0.102. The molecule has 1 amide bonds. The highest BCUT2D eigenvalue weighted by Crippen LogP contribution is 2.25. The van der Waals surface area contributed by atoms with Crippen molar-refractivity contribution in [3.8, 4) is 0 Å². The van der Waals surface area contributed by atoms with Gasteiger partial charge in [-0.25, -0.2) is 13.8 Å². The molecule has 0 aliphatic heterocycles. The quantitative estimate of drug-likeness (QED) is 0.606. The zero-order chi connectivity index (χ0) is 14.9. The number of hydrogen-bond donors (Lipinski definition) is 1. The molecule has 1 aromatic heterocycles. The maximum absolute atomic E-state index is 13.5. The summed E-state index contributed by atoms with van der Waals surface area (Å²) in [7, 11) is 0. The number of aromatic nitrogens is 1. The molecule has 0 radical (unpaired) electrons. The highest BCUT2D eigenvalue weighted by atomic mass is 79.9. The van der Waals surface area contributed by atoms with E-state index in [4.69, 9.17) is 23.2 Å². The van der Waals surface area contributed by atoms with Gasteiger partial charge in [0.05, 0.1) is 20.7 Å². The highest BCUT2D eigenvalue weighted by Gasteiger charge is 2.14. The van der Waals surface area contributed by atoms with E-state index < -0.39 is 17.5 Å². The fraction of sp³-hybridized carbons (Fsp3) is 0. The van der Waals surface area contributed by atoms with Crippen LogP contribution in [0.3, 0.4) is 0 Å². The Morgan fingerprint density at radius 3 is 2.55 bits per heavy atom. The van der Waals surface area contributed by atoms with Crippen LogP contribution in [0.2, 0.25) is 10.2 Å². The molecule has 1 N–H and O–H groups in total. The lowest BCUT2D eigenvalue weighted by Gasteiger charge is -2.08. The van der Waals surface area contributed by atoms with Gasteiger partial charge < -0.3 is 5.32 Å². The van der Waals surface area contributed by atoms with E-state index in [0.717, 1.165) is 6.07 Å². The minimum absolute atomic E-state index is 0.0291. The van der Waals surface area contributed by atoms with Crippen molar-refractivity contribution < 1.29 is 13.6 Å². The molecule has 0 spiro atoms. The van der Waals surface area contributed by atoms with E-state index in [1.165, 1.54) is 12.3 Å². The molecule has 0 fully saturated rings. The first kappa shape index (κ1) is 15.2. The standard InChI is InChI=1S/C12H5BrCl2F2N2O/c13-6-2-10(9(17)3-8(6)16)19-12(20)5-1-7(14)11(15)18-4-5/h1-4H,(H,19,20). The summed E-state index contributed by atoms with van der Waals surface area (Å²) in [4.78, 5) is 15.6. The third-order valence-electron chi connectivity index (χ3n) is 2.32. The van der Waals surface area contributed by atoms with Crippen LogP contribution in [-0.4, -0.2) is 10.9 Å². The molecule has 20 heavy (non-hydrogen) atoms. The van der Waals surface area contributed by atoms with Crippen molar-refractivity contribution in [2.75, 3.05) is 5.32 Å². The number of carbonyl (C=O) groups is 1. The zero-order valence-electron chi connectivity index (χ0n) is 9.55. The van der Waals surface area contributed by atoms with Crippen molar-refractivity contribution in [1.82, 2.24) is 4.98 Å². The van der Waals surface area contributed by atoms with Crippen LogP contribution in [0.25, 0.3) is 0 Å². The summed E-state index contributed by atoms with van der Waals surface area (Å²) in [6.45, 7) is 0. The van der Waals surface area contributed by atoms with Crippen LogP contribution < -0.4 is 5.32 Å². The van der Waals surface area contributed by atoms with Crippen molar-refractivity contribution in [3.05, 3.63) is 56.2 Å². The molecular weight excluding hydrogens is 377 g/mol. The molecule has 0 aliphatic carbocycles. The number of anilines is 1.